The third-order valence-corrected chi connectivity index (χ3v) is 14.8. The van der Waals surface area contributed by atoms with Gasteiger partial charge >= 0.3 is 5.97 Å². The van der Waals surface area contributed by atoms with Crippen LogP contribution in [0.3, 0.4) is 0 Å². The molecule has 2 aliphatic heterocycles. The van der Waals surface area contributed by atoms with Gasteiger partial charge in [-0.05, 0) is 140 Å². The van der Waals surface area contributed by atoms with Gasteiger partial charge in [-0.15, -0.1) is 21.5 Å². The highest BCUT2D eigenvalue weighted by atomic mass is 35.5. The molecule has 1 saturated heterocycles. The van der Waals surface area contributed by atoms with Crippen LogP contribution in [0.4, 0.5) is 23.1 Å². The summed E-state index contributed by atoms with van der Waals surface area (Å²) in [6, 6.07) is 21.7. The van der Waals surface area contributed by atoms with Crippen molar-refractivity contribution in [3.05, 3.63) is 123 Å². The normalized spacial score (nSPS) is 15.0. The van der Waals surface area contributed by atoms with E-state index in [1.165, 1.54) is 30.8 Å². The Morgan fingerprint density at radius 3 is 2.28 bits per heavy atom. The largest absolute Gasteiger partial charge is 0.492 e. The zero-order chi connectivity index (χ0) is 49.0. The minimum atomic E-state index is -3.40. The van der Waals surface area contributed by atoms with E-state index >= 15 is 0 Å². The Hall–Kier alpha value is -5.68. The lowest BCUT2D eigenvalue weighted by Gasteiger charge is -2.21. The number of fused-ring (bicyclic) bond motifs is 3. The zero-order valence-electron chi connectivity index (χ0n) is 40.6. The molecule has 0 amide bonds. The Bertz CT molecular complexity index is 2880. The van der Waals surface area contributed by atoms with Crippen molar-refractivity contribution in [1.82, 2.24) is 29.6 Å². The summed E-state index contributed by atoms with van der Waals surface area (Å²) in [6.07, 6.45) is 4.38. The van der Waals surface area contributed by atoms with Crippen LogP contribution in [0.5, 0.6) is 5.75 Å². The number of benzene rings is 3. The van der Waals surface area contributed by atoms with E-state index in [0.29, 0.717) is 39.8 Å². The lowest BCUT2D eigenvalue weighted by molar-refractivity contribution is -0.155. The lowest BCUT2D eigenvalue weighted by atomic mass is 9.99. The first kappa shape index (κ1) is 50.2. The molecule has 1 atom stereocenters. The maximum absolute atomic E-state index is 12.8. The number of halogens is 1. The molecule has 1 fully saturated rings. The Kier molecular flexibility index (Phi) is 15.4. The number of anilines is 4. The molecular formula is C51H62ClN9O5S2. The Balaban J connectivity index is 0.000000204. The second kappa shape index (κ2) is 20.9. The number of likely N-dealkylation sites (tertiary alicyclic amines) is 1. The number of carbonyl (C=O) groups is 1. The molecule has 8 rings (SSSR count). The van der Waals surface area contributed by atoms with Gasteiger partial charge in [-0.3, -0.25) is 19.3 Å². The molecule has 3 aromatic carbocycles. The molecule has 0 radical (unpaired) electrons. The molecule has 14 nitrogen and oxygen atoms in total. The van der Waals surface area contributed by atoms with E-state index in [9.17, 15) is 13.2 Å². The van der Waals surface area contributed by atoms with E-state index in [0.717, 1.165) is 56.8 Å². The predicted octanol–water partition coefficient (Wildman–Crippen LogP) is 11.1. The van der Waals surface area contributed by atoms with Crippen molar-refractivity contribution in [3.63, 3.8) is 0 Å². The fraction of sp³-hybridized carbons (Fsp3) is 0.412. The molecule has 68 heavy (non-hydrogen) atoms. The number of rotatable bonds is 13. The number of thiophene rings is 1. The van der Waals surface area contributed by atoms with Crippen LogP contribution in [0.2, 0.25) is 5.02 Å². The van der Waals surface area contributed by atoms with Gasteiger partial charge < -0.3 is 20.1 Å². The number of nitrogens with zero attached hydrogens (tertiary/aromatic N) is 7. The van der Waals surface area contributed by atoms with E-state index in [2.05, 4.69) is 49.5 Å². The van der Waals surface area contributed by atoms with E-state index in [4.69, 9.17) is 26.1 Å². The van der Waals surface area contributed by atoms with Crippen molar-refractivity contribution < 1.29 is 22.7 Å². The summed E-state index contributed by atoms with van der Waals surface area (Å²) in [5, 5.41) is 16.9. The molecule has 0 unspecified atom stereocenters. The van der Waals surface area contributed by atoms with Crippen molar-refractivity contribution in [1.29, 1.82) is 0 Å². The van der Waals surface area contributed by atoms with Crippen LogP contribution in [-0.4, -0.2) is 87.3 Å². The van der Waals surface area contributed by atoms with E-state index < -0.39 is 21.5 Å². The topological polar surface area (TPSA) is 166 Å². The van der Waals surface area contributed by atoms with Gasteiger partial charge in [-0.1, -0.05) is 50.6 Å². The lowest BCUT2D eigenvalue weighted by Crippen LogP contribution is -2.25. The molecule has 2 N–H and O–H groups in total. The smallest absolute Gasteiger partial charge is 0.308 e. The number of nitrogens with one attached hydrogen (secondary N) is 2. The van der Waals surface area contributed by atoms with Gasteiger partial charge in [0.1, 0.15) is 40.6 Å². The van der Waals surface area contributed by atoms with E-state index in [1.54, 1.807) is 35.7 Å². The highest BCUT2D eigenvalue weighted by Crippen LogP contribution is 2.40. The number of hydrogen-bond acceptors (Lipinski definition) is 14. The molecule has 6 aromatic rings. The van der Waals surface area contributed by atoms with Crippen LogP contribution in [0.1, 0.15) is 106 Å². The van der Waals surface area contributed by atoms with Gasteiger partial charge in [-0.2, -0.15) is 4.98 Å². The van der Waals surface area contributed by atoms with Crippen LogP contribution in [0.15, 0.2) is 88.9 Å². The minimum absolute atomic E-state index is 0.0757. The number of aliphatic imine (C=N–C) groups is 1. The molecule has 0 bridgehead atoms. The van der Waals surface area contributed by atoms with E-state index in [-0.39, 0.29) is 23.6 Å². The Morgan fingerprint density at radius 2 is 1.60 bits per heavy atom. The first-order valence-electron chi connectivity index (χ1n) is 22.9. The maximum atomic E-state index is 12.8. The molecule has 17 heteroatoms. The fourth-order valence-electron chi connectivity index (χ4n) is 7.92. The monoisotopic (exact) mass is 979 g/mol. The molecule has 0 aliphatic carbocycles. The first-order chi connectivity index (χ1) is 32.1. The van der Waals surface area contributed by atoms with E-state index in [1.807, 2.05) is 115 Å². The summed E-state index contributed by atoms with van der Waals surface area (Å²) >= 11 is 7.82. The molecule has 2 aliphatic rings. The highest BCUT2D eigenvalue weighted by Gasteiger charge is 2.33. The number of sulfone groups is 1. The summed E-state index contributed by atoms with van der Waals surface area (Å²) in [4.78, 5) is 30.7. The highest BCUT2D eigenvalue weighted by molar-refractivity contribution is 7.91. The van der Waals surface area contributed by atoms with Crippen molar-refractivity contribution in [3.8, 4) is 10.8 Å². The zero-order valence-corrected chi connectivity index (χ0v) is 43.0. The first-order valence-corrected chi connectivity index (χ1v) is 25.7. The molecule has 360 valence electrons. The summed E-state index contributed by atoms with van der Waals surface area (Å²) in [6.45, 7) is 23.3. The molecule has 3 aromatic heterocycles. The number of aryl methyl sites for hydroxylation is 3. The summed E-state index contributed by atoms with van der Waals surface area (Å²) in [7, 11) is -3.40. The molecule has 0 saturated carbocycles. The van der Waals surface area contributed by atoms with Crippen molar-refractivity contribution in [2.75, 3.05) is 42.6 Å². The number of esters is 1. The predicted molar refractivity (Wildman–Crippen MR) is 273 cm³/mol. The fourth-order valence-corrected chi connectivity index (χ4v) is 11.2. The Labute approximate surface area is 409 Å². The van der Waals surface area contributed by atoms with Crippen LogP contribution < -0.4 is 15.4 Å². The van der Waals surface area contributed by atoms with Crippen molar-refractivity contribution >= 4 is 67.6 Å². The second-order valence-corrected chi connectivity index (χ2v) is 23.1. The van der Waals surface area contributed by atoms with Gasteiger partial charge in [0.05, 0.1) is 22.8 Å². The molecule has 5 heterocycles. The standard InChI is InChI=1S/C28H37N5O3S.C23H25ClN4O2S/c1-21-19-29-27(31-22-10-12-24(13-11-22)36-17-16-33-14-5-6-15-33)32-26(21)30-23-8-7-9-25(18-23)37(34,35)20-28(2,3)4;1-12-13(2)31-22-19(12)20(15-7-9-16(24)10-8-15)25-17(11-18(29)30-23(4,5)6)21-27-26-14(3)28(21)22/h7-13,18-19H,5-6,14-17,20H2,1-4H3,(H2,29,30,31,32);7-10,17H,11H2,1-6H3/t;17-/m.0/s1. The number of aromatic nitrogens is 5. The summed E-state index contributed by atoms with van der Waals surface area (Å²) in [5.74, 6) is 3.04. The number of ether oxygens (including phenoxy) is 2. The van der Waals surface area contributed by atoms with Crippen LogP contribution in [-0.2, 0) is 19.4 Å². The third kappa shape index (κ3) is 12.9. The average Bonchev–Trinajstić information content (AvgIpc) is 3.97. The second-order valence-electron chi connectivity index (χ2n) is 19.4. The summed E-state index contributed by atoms with van der Waals surface area (Å²) < 4.78 is 39.2. The molecular weight excluding hydrogens is 918 g/mol. The number of hydrogen-bond donors (Lipinski definition) is 2. The van der Waals surface area contributed by atoms with Crippen molar-refractivity contribution in [2.45, 2.75) is 105 Å². The van der Waals surface area contributed by atoms with Gasteiger partial charge in [-0.25, -0.2) is 13.4 Å². The third-order valence-electron chi connectivity index (χ3n) is 11.2. The maximum Gasteiger partial charge on any atom is 0.308 e. The van der Waals surface area contributed by atoms with Gasteiger partial charge in [0.25, 0.3) is 0 Å². The van der Waals surface area contributed by atoms with Crippen LogP contribution in [0, 0.1) is 33.1 Å². The van der Waals surface area contributed by atoms with Crippen molar-refractivity contribution in [2.24, 2.45) is 10.4 Å². The number of carbonyl (C=O) groups excluding carboxylic acids is 1. The van der Waals surface area contributed by atoms with Gasteiger partial charge in [0, 0.05) is 50.7 Å². The SMILES string of the molecule is Cc1cnc(Nc2ccc(OCCN3CCCC3)cc2)nc1Nc1cccc(S(=O)(=O)CC(C)(C)C)c1.Cc1sc2c(c1C)C(c1ccc(Cl)cc1)=N[C@@H](CC(=O)OC(C)(C)C)c1nnc(C)n1-2. The molecule has 0 spiro atoms. The van der Waals surface area contributed by atoms with Crippen LogP contribution in [0.25, 0.3) is 5.00 Å². The van der Waals surface area contributed by atoms with Gasteiger partial charge in [0.2, 0.25) is 5.95 Å². The Morgan fingerprint density at radius 1 is 0.897 bits per heavy atom. The average molecular weight is 981 g/mol. The quantitative estimate of drug-likeness (QED) is 0.105. The summed E-state index contributed by atoms with van der Waals surface area (Å²) in [5.41, 5.74) is 5.41. The van der Waals surface area contributed by atoms with Crippen LogP contribution >= 0.6 is 22.9 Å². The minimum Gasteiger partial charge on any atom is -0.492 e. The van der Waals surface area contributed by atoms with Gasteiger partial charge in [0.15, 0.2) is 15.7 Å².